The Morgan fingerprint density at radius 2 is 2.05 bits per heavy atom. The lowest BCUT2D eigenvalue weighted by molar-refractivity contribution is -0.384. The first kappa shape index (κ1) is 16.1. The summed E-state index contributed by atoms with van der Waals surface area (Å²) in [6, 6.07) is 6.96. The lowest BCUT2D eigenvalue weighted by Gasteiger charge is -2.09. The number of hydrogen-bond acceptors (Lipinski definition) is 5. The third-order valence-electron chi connectivity index (χ3n) is 2.42. The van der Waals surface area contributed by atoms with E-state index in [1.165, 1.54) is 0 Å². The minimum absolute atomic E-state index is 0.134. The fourth-order valence-corrected chi connectivity index (χ4v) is 1.95. The molecule has 6 nitrogen and oxygen atoms in total. The monoisotopic (exact) mass is 297 g/mol. The number of aliphatic hydroxyl groups excluding tert-OH is 1. The van der Waals surface area contributed by atoms with Gasteiger partial charge in [-0.15, -0.1) is 0 Å². The molecule has 1 aromatic heterocycles. The molecule has 2 rings (SSSR count). The molecule has 0 fully saturated rings. The summed E-state index contributed by atoms with van der Waals surface area (Å²) in [6.45, 7) is 4.07. The van der Waals surface area contributed by atoms with E-state index in [1.807, 2.05) is 13.8 Å². The summed E-state index contributed by atoms with van der Waals surface area (Å²) >= 11 is 5.83. The number of fused-ring (bicyclic) bond motifs is 1. The average Bonchev–Trinajstić information content (AvgIpc) is 2.46. The van der Waals surface area contributed by atoms with Crippen molar-refractivity contribution in [3.8, 4) is 0 Å². The van der Waals surface area contributed by atoms with Crippen molar-refractivity contribution < 1.29 is 10.0 Å². The van der Waals surface area contributed by atoms with Gasteiger partial charge in [0.2, 0.25) is 5.15 Å². The molecule has 0 amide bonds. The van der Waals surface area contributed by atoms with Crippen molar-refractivity contribution >= 4 is 33.9 Å². The Morgan fingerprint density at radius 3 is 2.65 bits per heavy atom. The van der Waals surface area contributed by atoms with Gasteiger partial charge in [0.15, 0.2) is 0 Å². The number of nitro groups is 1. The highest BCUT2D eigenvalue weighted by Gasteiger charge is 2.23. The zero-order valence-electron chi connectivity index (χ0n) is 11.3. The number of nitrogens with zero attached hydrogens (tertiary/aromatic N) is 2. The van der Waals surface area contributed by atoms with E-state index >= 15 is 0 Å². The van der Waals surface area contributed by atoms with E-state index in [4.69, 9.17) is 16.7 Å². The Morgan fingerprint density at radius 1 is 1.40 bits per heavy atom. The number of aromatic nitrogens is 1. The molecule has 0 aliphatic rings. The predicted molar refractivity (Wildman–Crippen MR) is 80.3 cm³/mol. The maximum atomic E-state index is 11.0. The van der Waals surface area contributed by atoms with Gasteiger partial charge in [-0.1, -0.05) is 43.6 Å². The van der Waals surface area contributed by atoms with E-state index in [0.717, 1.165) is 0 Å². The van der Waals surface area contributed by atoms with Gasteiger partial charge in [0.05, 0.1) is 17.0 Å². The first-order valence-electron chi connectivity index (χ1n) is 6.22. The van der Waals surface area contributed by atoms with Gasteiger partial charge in [-0.3, -0.25) is 10.1 Å². The Kier molecular flexibility index (Phi) is 6.14. The molecule has 0 aliphatic heterocycles. The van der Waals surface area contributed by atoms with E-state index in [1.54, 1.807) is 24.3 Å². The van der Waals surface area contributed by atoms with Crippen LogP contribution in [0.15, 0.2) is 24.3 Å². The number of aliphatic hydroxyl groups is 1. The molecule has 2 N–H and O–H groups in total. The molecule has 0 bridgehead atoms. The molecule has 108 valence electrons. The largest absolute Gasteiger partial charge is 0.395 e. The second-order valence-electron chi connectivity index (χ2n) is 3.55. The SMILES string of the molecule is CC.O=[N+]([O-])c1c(Cl)nc2ccccc2c1NCCO. The van der Waals surface area contributed by atoms with E-state index in [9.17, 15) is 10.1 Å². The van der Waals surface area contributed by atoms with E-state index in [-0.39, 0.29) is 29.7 Å². The third kappa shape index (κ3) is 3.34. The summed E-state index contributed by atoms with van der Waals surface area (Å²) in [5.41, 5.74) is 0.571. The molecule has 0 spiro atoms. The van der Waals surface area contributed by atoms with Crippen LogP contribution in [-0.2, 0) is 0 Å². The van der Waals surface area contributed by atoms with Gasteiger partial charge in [0, 0.05) is 11.9 Å². The number of halogens is 1. The Hall–Kier alpha value is -1.92. The lowest BCUT2D eigenvalue weighted by Crippen LogP contribution is -2.09. The van der Waals surface area contributed by atoms with Crippen molar-refractivity contribution in [3.05, 3.63) is 39.5 Å². The summed E-state index contributed by atoms with van der Waals surface area (Å²) < 4.78 is 0. The molecule has 0 saturated carbocycles. The van der Waals surface area contributed by atoms with Gasteiger partial charge in [-0.05, 0) is 6.07 Å². The highest BCUT2D eigenvalue weighted by molar-refractivity contribution is 6.33. The molecule has 0 atom stereocenters. The van der Waals surface area contributed by atoms with E-state index in [2.05, 4.69) is 10.3 Å². The van der Waals surface area contributed by atoms with E-state index < -0.39 is 4.92 Å². The molecule has 0 radical (unpaired) electrons. The van der Waals surface area contributed by atoms with Crippen molar-refractivity contribution in [1.29, 1.82) is 0 Å². The third-order valence-corrected chi connectivity index (χ3v) is 2.68. The second kappa shape index (κ2) is 7.62. The van der Waals surface area contributed by atoms with Crippen LogP contribution in [-0.4, -0.2) is 28.2 Å². The number of anilines is 1. The Balaban J connectivity index is 0.000000956. The topological polar surface area (TPSA) is 88.3 Å². The summed E-state index contributed by atoms with van der Waals surface area (Å²) in [7, 11) is 0. The molecule has 0 saturated heterocycles. The van der Waals surface area contributed by atoms with Gasteiger partial charge >= 0.3 is 5.69 Å². The van der Waals surface area contributed by atoms with Crippen LogP contribution < -0.4 is 5.32 Å². The predicted octanol–water partition coefficient (Wildman–Crippen LogP) is 3.23. The standard InChI is InChI=1S/C11H10ClN3O3.C2H6/c12-11-10(15(17)18)9(13-5-6-16)7-3-1-2-4-8(7)14-11;1-2/h1-4,16H,5-6H2,(H,13,14);1-2H3. The molecule has 7 heteroatoms. The van der Waals surface area contributed by atoms with Crippen molar-refractivity contribution in [2.45, 2.75) is 13.8 Å². The van der Waals surface area contributed by atoms with Crippen LogP contribution in [0.25, 0.3) is 10.9 Å². The van der Waals surface area contributed by atoms with Gasteiger partial charge < -0.3 is 10.4 Å². The lowest BCUT2D eigenvalue weighted by atomic mass is 10.1. The van der Waals surface area contributed by atoms with Crippen molar-refractivity contribution in [3.63, 3.8) is 0 Å². The van der Waals surface area contributed by atoms with E-state index in [0.29, 0.717) is 10.9 Å². The summed E-state index contributed by atoms with van der Waals surface area (Å²) in [5, 5.41) is 23.1. The summed E-state index contributed by atoms with van der Waals surface area (Å²) in [4.78, 5) is 14.4. The highest BCUT2D eigenvalue weighted by atomic mass is 35.5. The van der Waals surface area contributed by atoms with Crippen LogP contribution in [0.5, 0.6) is 0 Å². The summed E-state index contributed by atoms with van der Waals surface area (Å²) in [5.74, 6) is 0. The Labute approximate surface area is 121 Å². The van der Waals surface area contributed by atoms with Crippen molar-refractivity contribution in [2.24, 2.45) is 0 Å². The normalized spacial score (nSPS) is 9.80. The minimum atomic E-state index is -0.582. The van der Waals surface area contributed by atoms with Crippen LogP contribution in [0.2, 0.25) is 5.15 Å². The first-order chi connectivity index (χ1) is 9.65. The van der Waals surface area contributed by atoms with Crippen LogP contribution in [0.1, 0.15) is 13.8 Å². The Bertz CT molecular complexity index is 605. The zero-order valence-corrected chi connectivity index (χ0v) is 12.0. The fraction of sp³-hybridized carbons (Fsp3) is 0.308. The fourth-order valence-electron chi connectivity index (χ4n) is 1.70. The van der Waals surface area contributed by atoms with Crippen molar-refractivity contribution in [2.75, 3.05) is 18.5 Å². The van der Waals surface area contributed by atoms with Gasteiger partial charge in [-0.25, -0.2) is 4.98 Å². The number of pyridine rings is 1. The number of benzene rings is 1. The smallest absolute Gasteiger partial charge is 0.329 e. The minimum Gasteiger partial charge on any atom is -0.395 e. The quantitative estimate of drug-likeness (QED) is 0.514. The molecular weight excluding hydrogens is 282 g/mol. The van der Waals surface area contributed by atoms with Gasteiger partial charge in [0.25, 0.3) is 0 Å². The number of hydrogen-bond donors (Lipinski definition) is 2. The van der Waals surface area contributed by atoms with Crippen LogP contribution in [0, 0.1) is 10.1 Å². The average molecular weight is 298 g/mol. The highest BCUT2D eigenvalue weighted by Crippen LogP contribution is 2.36. The molecule has 1 aromatic carbocycles. The van der Waals surface area contributed by atoms with Crippen LogP contribution in [0.4, 0.5) is 11.4 Å². The van der Waals surface area contributed by atoms with Gasteiger partial charge in [0.1, 0.15) is 5.69 Å². The second-order valence-corrected chi connectivity index (χ2v) is 3.91. The van der Waals surface area contributed by atoms with Crippen LogP contribution in [0.3, 0.4) is 0 Å². The molecule has 0 unspecified atom stereocenters. The molecule has 20 heavy (non-hydrogen) atoms. The first-order valence-corrected chi connectivity index (χ1v) is 6.60. The van der Waals surface area contributed by atoms with Gasteiger partial charge in [-0.2, -0.15) is 0 Å². The zero-order chi connectivity index (χ0) is 15.1. The maximum Gasteiger partial charge on any atom is 0.329 e. The molecule has 1 heterocycles. The molecule has 0 aliphatic carbocycles. The van der Waals surface area contributed by atoms with Crippen molar-refractivity contribution in [1.82, 2.24) is 4.98 Å². The number of para-hydroxylation sites is 1. The van der Waals surface area contributed by atoms with Crippen LogP contribution >= 0.6 is 11.6 Å². The molecule has 2 aromatic rings. The number of rotatable bonds is 4. The summed E-state index contributed by atoms with van der Waals surface area (Å²) in [6.07, 6.45) is 0. The number of nitrogens with one attached hydrogen (secondary N) is 1. The maximum absolute atomic E-state index is 11.0. The molecular formula is C13H16ClN3O3.